The van der Waals surface area contributed by atoms with Gasteiger partial charge in [-0.2, -0.15) is 0 Å². The molecule has 0 unspecified atom stereocenters. The summed E-state index contributed by atoms with van der Waals surface area (Å²) in [5, 5.41) is 30.4. The molecular formula is C14H21NO5. The minimum atomic E-state index is -1.14. The van der Waals surface area contributed by atoms with Gasteiger partial charge in [-0.05, 0) is 31.5 Å². The van der Waals surface area contributed by atoms with Gasteiger partial charge in [0.25, 0.3) is 0 Å². The maximum absolute atomic E-state index is 11.6. The molecule has 0 bridgehead atoms. The lowest BCUT2D eigenvalue weighted by molar-refractivity contribution is -0.0158. The average molecular weight is 283 g/mol. The van der Waals surface area contributed by atoms with Gasteiger partial charge in [0.2, 0.25) is 0 Å². The van der Waals surface area contributed by atoms with E-state index in [2.05, 4.69) is 5.32 Å². The number of ether oxygens (including phenoxy) is 1. The number of benzene rings is 1. The first kappa shape index (κ1) is 16.4. The van der Waals surface area contributed by atoms with E-state index in [9.17, 15) is 15.0 Å². The fraction of sp³-hybridized carbons (Fsp3) is 0.500. The minimum Gasteiger partial charge on any atom is -0.462 e. The van der Waals surface area contributed by atoms with Crippen LogP contribution in [0.1, 0.15) is 23.7 Å². The van der Waals surface area contributed by atoms with Gasteiger partial charge in [-0.3, -0.25) is 0 Å². The number of nitrogens with one attached hydrogen (secondary N) is 1. The van der Waals surface area contributed by atoms with Crippen molar-refractivity contribution < 1.29 is 24.9 Å². The maximum atomic E-state index is 11.6. The van der Waals surface area contributed by atoms with Gasteiger partial charge in [0.1, 0.15) is 6.10 Å². The van der Waals surface area contributed by atoms with Gasteiger partial charge in [0.15, 0.2) is 0 Å². The number of aliphatic hydroxyl groups excluding tert-OH is 3. The number of esters is 1. The normalized spacial score (nSPS) is 13.6. The molecule has 0 amide bonds. The molecule has 0 radical (unpaired) electrons. The Labute approximate surface area is 118 Å². The molecular weight excluding hydrogens is 262 g/mol. The van der Waals surface area contributed by atoms with Crippen molar-refractivity contribution in [3.63, 3.8) is 0 Å². The summed E-state index contributed by atoms with van der Waals surface area (Å²) in [5.41, 5.74) is 1.18. The fourth-order valence-corrected chi connectivity index (χ4v) is 1.65. The van der Waals surface area contributed by atoms with Crippen LogP contribution in [-0.2, 0) is 4.74 Å². The highest BCUT2D eigenvalue weighted by Crippen LogP contribution is 2.12. The smallest absolute Gasteiger partial charge is 0.338 e. The van der Waals surface area contributed by atoms with Crippen LogP contribution in [0.25, 0.3) is 0 Å². The topological polar surface area (TPSA) is 99.0 Å². The molecule has 112 valence electrons. The number of carbonyl (C=O) groups is 1. The van der Waals surface area contributed by atoms with Crippen molar-refractivity contribution >= 4 is 11.7 Å². The third kappa shape index (κ3) is 5.16. The Morgan fingerprint density at radius 3 is 2.75 bits per heavy atom. The molecule has 1 aromatic carbocycles. The molecule has 4 N–H and O–H groups in total. The molecule has 1 rings (SSSR count). The molecule has 0 fully saturated rings. The average Bonchev–Trinajstić information content (AvgIpc) is 2.46. The van der Waals surface area contributed by atoms with Crippen molar-refractivity contribution in [1.29, 1.82) is 0 Å². The lowest BCUT2D eigenvalue weighted by Gasteiger charge is -2.16. The molecule has 1 aromatic rings. The first-order chi connectivity index (χ1) is 9.58. The number of aliphatic hydroxyl groups is 3. The molecule has 6 heteroatoms. The van der Waals surface area contributed by atoms with E-state index in [0.717, 1.165) is 5.69 Å². The van der Waals surface area contributed by atoms with Gasteiger partial charge in [0.05, 0.1) is 24.9 Å². The zero-order valence-corrected chi connectivity index (χ0v) is 11.5. The van der Waals surface area contributed by atoms with Crippen molar-refractivity contribution in [2.24, 2.45) is 0 Å². The minimum absolute atomic E-state index is 0.283. The molecule has 0 aliphatic carbocycles. The Bertz CT molecular complexity index is 424. The molecule has 0 heterocycles. The van der Waals surface area contributed by atoms with Crippen molar-refractivity contribution in [3.05, 3.63) is 29.8 Å². The van der Waals surface area contributed by atoms with Crippen molar-refractivity contribution in [2.45, 2.75) is 25.6 Å². The van der Waals surface area contributed by atoms with Crippen LogP contribution in [0.2, 0.25) is 0 Å². The van der Waals surface area contributed by atoms with Gasteiger partial charge in [-0.25, -0.2) is 4.79 Å². The van der Waals surface area contributed by atoms with Gasteiger partial charge in [0, 0.05) is 12.2 Å². The molecule has 0 aliphatic rings. The van der Waals surface area contributed by atoms with Gasteiger partial charge in [-0.1, -0.05) is 6.07 Å². The Morgan fingerprint density at radius 1 is 1.35 bits per heavy atom. The van der Waals surface area contributed by atoms with E-state index in [4.69, 9.17) is 9.84 Å². The zero-order valence-electron chi connectivity index (χ0n) is 11.5. The van der Waals surface area contributed by atoms with Crippen LogP contribution >= 0.6 is 0 Å². The van der Waals surface area contributed by atoms with Crippen LogP contribution in [-0.4, -0.2) is 53.3 Å². The van der Waals surface area contributed by atoms with Gasteiger partial charge in [-0.15, -0.1) is 0 Å². The largest absolute Gasteiger partial charge is 0.462 e. The predicted octanol–water partition coefficient (Wildman–Crippen LogP) is 0.379. The maximum Gasteiger partial charge on any atom is 0.338 e. The molecule has 0 spiro atoms. The van der Waals surface area contributed by atoms with Crippen LogP contribution < -0.4 is 5.32 Å². The molecule has 0 saturated carbocycles. The van der Waals surface area contributed by atoms with E-state index in [1.54, 1.807) is 31.2 Å². The van der Waals surface area contributed by atoms with Crippen molar-refractivity contribution in [2.75, 3.05) is 25.1 Å². The lowest BCUT2D eigenvalue weighted by atomic mass is 10.1. The summed E-state index contributed by atoms with van der Waals surface area (Å²) in [5.74, 6) is -0.383. The Hall–Kier alpha value is -1.63. The Morgan fingerprint density at radius 2 is 2.10 bits per heavy atom. The molecule has 0 aromatic heterocycles. The monoisotopic (exact) mass is 283 g/mol. The number of rotatable bonds is 8. The summed E-state index contributed by atoms with van der Waals surface area (Å²) < 4.78 is 4.90. The second-order valence-corrected chi connectivity index (χ2v) is 4.33. The summed E-state index contributed by atoms with van der Waals surface area (Å²) in [4.78, 5) is 11.6. The molecule has 20 heavy (non-hydrogen) atoms. The van der Waals surface area contributed by atoms with Gasteiger partial charge < -0.3 is 25.4 Å². The summed E-state index contributed by atoms with van der Waals surface area (Å²) in [6.07, 6.45) is -1.84. The van der Waals surface area contributed by atoms with Crippen LogP contribution in [0.3, 0.4) is 0 Å². The van der Waals surface area contributed by atoms with E-state index >= 15 is 0 Å². The van der Waals surface area contributed by atoms with Crippen LogP contribution in [0.5, 0.6) is 0 Å². The summed E-state index contributed by atoms with van der Waals surface area (Å²) >= 11 is 0. The van der Waals surface area contributed by atoms with Crippen LogP contribution in [0.4, 0.5) is 5.69 Å². The van der Waals surface area contributed by atoms with E-state index in [-0.39, 0.29) is 12.4 Å². The third-order valence-electron chi connectivity index (χ3n) is 2.77. The number of hydrogen-bond donors (Lipinski definition) is 4. The highest BCUT2D eigenvalue weighted by atomic mass is 16.5. The molecule has 6 nitrogen and oxygen atoms in total. The summed E-state index contributed by atoms with van der Waals surface area (Å²) in [6.45, 7) is 2.00. The van der Waals surface area contributed by atoms with Crippen LogP contribution in [0.15, 0.2) is 24.3 Å². The van der Waals surface area contributed by atoms with Gasteiger partial charge >= 0.3 is 5.97 Å². The fourth-order valence-electron chi connectivity index (χ4n) is 1.65. The number of hydrogen-bond acceptors (Lipinski definition) is 6. The van der Waals surface area contributed by atoms with Crippen molar-refractivity contribution in [3.8, 4) is 0 Å². The quantitative estimate of drug-likeness (QED) is 0.515. The van der Waals surface area contributed by atoms with E-state index in [1.807, 2.05) is 0 Å². The SMILES string of the molecule is CCOC(=O)c1cccc(NCC[C@H](O)[C@H](O)CO)c1. The van der Waals surface area contributed by atoms with Crippen molar-refractivity contribution in [1.82, 2.24) is 0 Å². The predicted molar refractivity (Wildman–Crippen MR) is 74.6 cm³/mol. The highest BCUT2D eigenvalue weighted by Gasteiger charge is 2.14. The third-order valence-corrected chi connectivity index (χ3v) is 2.77. The first-order valence-corrected chi connectivity index (χ1v) is 6.56. The van der Waals surface area contributed by atoms with E-state index < -0.39 is 18.8 Å². The highest BCUT2D eigenvalue weighted by molar-refractivity contribution is 5.90. The molecule has 0 saturated heterocycles. The number of anilines is 1. The summed E-state index contributed by atoms with van der Waals surface area (Å²) in [6, 6.07) is 6.84. The number of carbonyl (C=O) groups excluding carboxylic acids is 1. The Kier molecular flexibility index (Phi) is 7.00. The summed E-state index contributed by atoms with van der Waals surface area (Å²) in [7, 11) is 0. The lowest BCUT2D eigenvalue weighted by Crippen LogP contribution is -2.30. The Balaban J connectivity index is 2.48. The zero-order chi connectivity index (χ0) is 15.0. The standard InChI is InChI=1S/C14H21NO5/c1-2-20-14(19)10-4-3-5-11(8-10)15-7-6-12(17)13(18)9-16/h3-5,8,12-13,15-18H,2,6-7,9H2,1H3/t12-,13+/m0/s1. The second-order valence-electron chi connectivity index (χ2n) is 4.33. The van der Waals surface area contributed by atoms with E-state index in [0.29, 0.717) is 18.7 Å². The van der Waals surface area contributed by atoms with Crippen LogP contribution in [0, 0.1) is 0 Å². The van der Waals surface area contributed by atoms with E-state index in [1.165, 1.54) is 0 Å². The molecule has 0 aliphatic heterocycles. The molecule has 2 atom stereocenters. The second kappa shape index (κ2) is 8.52. The first-order valence-electron chi connectivity index (χ1n) is 6.56.